The summed E-state index contributed by atoms with van der Waals surface area (Å²) in [7, 11) is 0. The van der Waals surface area contributed by atoms with E-state index in [2.05, 4.69) is 28.9 Å². The van der Waals surface area contributed by atoms with E-state index >= 15 is 0 Å². The average molecular weight is 543 g/mol. The van der Waals surface area contributed by atoms with Crippen molar-refractivity contribution in [1.82, 2.24) is 19.9 Å². The number of aromatic nitrogens is 2. The molecular formula is C30H37F3N4O2. The van der Waals surface area contributed by atoms with E-state index in [-0.39, 0.29) is 30.1 Å². The Morgan fingerprint density at radius 1 is 1.08 bits per heavy atom. The van der Waals surface area contributed by atoms with Gasteiger partial charge in [0.05, 0.1) is 6.42 Å². The van der Waals surface area contributed by atoms with Crippen LogP contribution in [0.3, 0.4) is 0 Å². The summed E-state index contributed by atoms with van der Waals surface area (Å²) in [6.45, 7) is 9.99. The van der Waals surface area contributed by atoms with Crippen molar-refractivity contribution in [1.29, 1.82) is 0 Å². The van der Waals surface area contributed by atoms with Gasteiger partial charge in [-0.2, -0.15) is 18.2 Å². The van der Waals surface area contributed by atoms with Crippen LogP contribution in [0.2, 0.25) is 0 Å². The summed E-state index contributed by atoms with van der Waals surface area (Å²) in [6, 6.07) is 15.3. The van der Waals surface area contributed by atoms with E-state index in [4.69, 9.17) is 4.52 Å². The molecule has 0 saturated carbocycles. The largest absolute Gasteiger partial charge is 0.389 e. The van der Waals surface area contributed by atoms with E-state index in [0.717, 1.165) is 43.6 Å². The quantitative estimate of drug-likeness (QED) is 0.286. The SMILES string of the molecule is Cc1ccc(C(=O)N(Cc2ccc(-c3noc(CCC(F)(F)F)n3)cc2)C2CCN(CCC(C)C)CC2)cc1. The average Bonchev–Trinajstić information content (AvgIpc) is 3.39. The molecule has 2 aromatic carbocycles. The van der Waals surface area contributed by atoms with Gasteiger partial charge in [0.15, 0.2) is 0 Å². The fourth-order valence-corrected chi connectivity index (χ4v) is 4.80. The smallest absolute Gasteiger partial charge is 0.339 e. The number of aryl methyl sites for hydroxylation is 2. The van der Waals surface area contributed by atoms with Crippen LogP contribution in [0.4, 0.5) is 13.2 Å². The van der Waals surface area contributed by atoms with E-state index in [1.807, 2.05) is 60.4 Å². The molecule has 1 saturated heterocycles. The van der Waals surface area contributed by atoms with Gasteiger partial charge in [0.25, 0.3) is 5.91 Å². The second-order valence-corrected chi connectivity index (χ2v) is 10.9. The van der Waals surface area contributed by atoms with Crippen molar-refractivity contribution in [3.63, 3.8) is 0 Å². The molecule has 0 bridgehead atoms. The minimum atomic E-state index is -4.27. The highest BCUT2D eigenvalue weighted by Gasteiger charge is 2.29. The molecule has 0 radical (unpaired) electrons. The van der Waals surface area contributed by atoms with E-state index < -0.39 is 12.6 Å². The maximum absolute atomic E-state index is 13.7. The second kappa shape index (κ2) is 12.8. The molecular weight excluding hydrogens is 505 g/mol. The minimum Gasteiger partial charge on any atom is -0.339 e. The number of alkyl halides is 3. The lowest BCUT2D eigenvalue weighted by atomic mass is 9.99. The Kier molecular flexibility index (Phi) is 9.43. The Morgan fingerprint density at radius 2 is 1.74 bits per heavy atom. The van der Waals surface area contributed by atoms with Crippen molar-refractivity contribution in [3.05, 3.63) is 71.1 Å². The van der Waals surface area contributed by atoms with Crippen molar-refractivity contribution in [2.45, 2.75) is 71.6 Å². The minimum absolute atomic E-state index is 0.0205. The molecule has 0 atom stereocenters. The Labute approximate surface area is 228 Å². The molecule has 0 N–H and O–H groups in total. The normalized spacial score (nSPS) is 15.2. The third-order valence-corrected chi connectivity index (χ3v) is 7.24. The summed E-state index contributed by atoms with van der Waals surface area (Å²) in [4.78, 5) is 22.3. The van der Waals surface area contributed by atoms with Gasteiger partial charge in [-0.15, -0.1) is 0 Å². The first-order valence-electron chi connectivity index (χ1n) is 13.7. The Bertz CT molecular complexity index is 1200. The van der Waals surface area contributed by atoms with Crippen LogP contribution in [0.1, 0.15) is 66.9 Å². The van der Waals surface area contributed by atoms with Crippen LogP contribution in [0.15, 0.2) is 53.1 Å². The van der Waals surface area contributed by atoms with Crippen LogP contribution >= 0.6 is 0 Å². The third-order valence-electron chi connectivity index (χ3n) is 7.24. The standard InChI is InChI=1S/C30H37F3N4O2/c1-21(2)13-17-36-18-14-26(15-19-36)37(29(38)25-8-4-22(3)5-9-25)20-23-6-10-24(11-7-23)28-34-27(39-35-28)12-16-30(31,32)33/h4-11,21,26H,12-20H2,1-3H3. The number of rotatable bonds is 10. The zero-order chi connectivity index (χ0) is 28.0. The van der Waals surface area contributed by atoms with Gasteiger partial charge >= 0.3 is 6.18 Å². The first-order chi connectivity index (χ1) is 18.6. The zero-order valence-corrected chi connectivity index (χ0v) is 22.9. The van der Waals surface area contributed by atoms with Gasteiger partial charge in [0.2, 0.25) is 11.7 Å². The second-order valence-electron chi connectivity index (χ2n) is 10.9. The highest BCUT2D eigenvalue weighted by Crippen LogP contribution is 2.25. The van der Waals surface area contributed by atoms with Gasteiger partial charge in [0.1, 0.15) is 0 Å². The summed E-state index contributed by atoms with van der Waals surface area (Å²) >= 11 is 0. The van der Waals surface area contributed by atoms with Crippen LogP contribution in [-0.4, -0.2) is 57.7 Å². The van der Waals surface area contributed by atoms with E-state index in [1.165, 1.54) is 6.42 Å². The molecule has 0 spiro atoms. The molecule has 4 rings (SSSR count). The molecule has 3 aromatic rings. The number of likely N-dealkylation sites (tertiary alicyclic amines) is 1. The van der Waals surface area contributed by atoms with E-state index in [9.17, 15) is 18.0 Å². The first-order valence-corrected chi connectivity index (χ1v) is 13.7. The lowest BCUT2D eigenvalue weighted by molar-refractivity contribution is -0.134. The van der Waals surface area contributed by atoms with E-state index in [0.29, 0.717) is 23.6 Å². The Balaban J connectivity index is 1.46. The maximum Gasteiger partial charge on any atom is 0.389 e. The van der Waals surface area contributed by atoms with Crippen molar-refractivity contribution in [2.75, 3.05) is 19.6 Å². The predicted molar refractivity (Wildman–Crippen MR) is 144 cm³/mol. The highest BCUT2D eigenvalue weighted by molar-refractivity contribution is 5.94. The molecule has 1 fully saturated rings. The third kappa shape index (κ3) is 8.39. The van der Waals surface area contributed by atoms with Gasteiger partial charge in [0, 0.05) is 43.2 Å². The maximum atomic E-state index is 13.7. The number of carbonyl (C=O) groups is 1. The molecule has 1 aliphatic heterocycles. The molecule has 2 heterocycles. The van der Waals surface area contributed by atoms with Crippen LogP contribution in [0.25, 0.3) is 11.4 Å². The van der Waals surface area contributed by atoms with Gasteiger partial charge in [-0.3, -0.25) is 4.79 Å². The molecule has 210 valence electrons. The van der Waals surface area contributed by atoms with Crippen LogP contribution in [-0.2, 0) is 13.0 Å². The number of halogens is 3. The number of piperidine rings is 1. The number of amides is 1. The van der Waals surface area contributed by atoms with Crippen LogP contribution in [0.5, 0.6) is 0 Å². The number of hydrogen-bond acceptors (Lipinski definition) is 5. The summed E-state index contributed by atoms with van der Waals surface area (Å²) in [6.07, 6.45) is -2.60. The Morgan fingerprint density at radius 3 is 2.36 bits per heavy atom. The van der Waals surface area contributed by atoms with Crippen LogP contribution < -0.4 is 0 Å². The Hall–Kier alpha value is -3.20. The van der Waals surface area contributed by atoms with E-state index in [1.54, 1.807) is 0 Å². The van der Waals surface area contributed by atoms with Crippen LogP contribution in [0, 0.1) is 12.8 Å². The number of nitrogens with zero attached hydrogens (tertiary/aromatic N) is 4. The van der Waals surface area contributed by atoms with Gasteiger partial charge in [-0.1, -0.05) is 61.0 Å². The molecule has 0 unspecified atom stereocenters. The lowest BCUT2D eigenvalue weighted by Crippen LogP contribution is -2.47. The topological polar surface area (TPSA) is 62.5 Å². The molecule has 1 aromatic heterocycles. The molecule has 1 amide bonds. The molecule has 39 heavy (non-hydrogen) atoms. The summed E-state index contributed by atoms with van der Waals surface area (Å²) in [5.41, 5.74) is 3.39. The first kappa shape index (κ1) is 28.8. The van der Waals surface area contributed by atoms with Gasteiger partial charge in [-0.05, 0) is 56.3 Å². The summed E-state index contributed by atoms with van der Waals surface area (Å²) in [5.74, 6) is 0.900. The fraction of sp³-hybridized carbons (Fsp3) is 0.500. The zero-order valence-electron chi connectivity index (χ0n) is 22.9. The highest BCUT2D eigenvalue weighted by atomic mass is 19.4. The van der Waals surface area contributed by atoms with Crippen molar-refractivity contribution in [3.8, 4) is 11.4 Å². The number of hydrogen-bond donors (Lipinski definition) is 0. The molecule has 0 aliphatic carbocycles. The van der Waals surface area contributed by atoms with Crippen molar-refractivity contribution in [2.24, 2.45) is 5.92 Å². The van der Waals surface area contributed by atoms with Crippen molar-refractivity contribution < 1.29 is 22.5 Å². The monoisotopic (exact) mass is 542 g/mol. The molecule has 9 heteroatoms. The molecule has 6 nitrogen and oxygen atoms in total. The van der Waals surface area contributed by atoms with Gasteiger partial charge < -0.3 is 14.3 Å². The summed E-state index contributed by atoms with van der Waals surface area (Å²) in [5, 5.41) is 3.84. The fourth-order valence-electron chi connectivity index (χ4n) is 4.80. The predicted octanol–water partition coefficient (Wildman–Crippen LogP) is 6.69. The number of carbonyl (C=O) groups excluding carboxylic acids is 1. The molecule has 1 aliphatic rings. The number of benzene rings is 2. The van der Waals surface area contributed by atoms with Gasteiger partial charge in [-0.25, -0.2) is 0 Å². The lowest BCUT2D eigenvalue weighted by Gasteiger charge is -2.39. The summed E-state index contributed by atoms with van der Waals surface area (Å²) < 4.78 is 42.5. The van der Waals surface area contributed by atoms with Crippen molar-refractivity contribution >= 4 is 5.91 Å².